The molecule has 0 atom stereocenters. The zero-order valence-electron chi connectivity index (χ0n) is 14.0. The number of nitro groups is 1. The molecule has 28 heavy (non-hydrogen) atoms. The molecule has 0 unspecified atom stereocenters. The zero-order chi connectivity index (χ0) is 20.1. The van der Waals surface area contributed by atoms with E-state index < -0.39 is 22.3 Å². The summed E-state index contributed by atoms with van der Waals surface area (Å²) in [6.45, 7) is 0. The van der Waals surface area contributed by atoms with Crippen molar-refractivity contribution in [2.45, 2.75) is 0 Å². The molecule has 0 bridgehead atoms. The number of hydrogen-bond donors (Lipinski definition) is 3. The summed E-state index contributed by atoms with van der Waals surface area (Å²) in [6, 6.07) is 12.4. The number of carbonyl (C=O) groups is 1. The molecule has 0 aliphatic carbocycles. The van der Waals surface area contributed by atoms with Crippen LogP contribution in [0.25, 0.3) is 0 Å². The van der Waals surface area contributed by atoms with Gasteiger partial charge in [0.25, 0.3) is 5.91 Å². The SMILES string of the molecule is O=C(NNc1ncnc(Nc2ccc(Br)cc2F)c1[N+](=O)[O-])c1ccccc1. The van der Waals surface area contributed by atoms with Gasteiger partial charge in [-0.2, -0.15) is 0 Å². The van der Waals surface area contributed by atoms with Crippen LogP contribution in [0.15, 0.2) is 59.3 Å². The van der Waals surface area contributed by atoms with Gasteiger partial charge in [0.1, 0.15) is 12.1 Å². The van der Waals surface area contributed by atoms with E-state index in [-0.39, 0.29) is 17.3 Å². The Balaban J connectivity index is 1.85. The quantitative estimate of drug-likeness (QED) is 0.388. The first-order valence-electron chi connectivity index (χ1n) is 7.78. The Morgan fingerprint density at radius 1 is 1.11 bits per heavy atom. The summed E-state index contributed by atoms with van der Waals surface area (Å²) < 4.78 is 14.5. The van der Waals surface area contributed by atoms with Gasteiger partial charge in [0.15, 0.2) is 0 Å². The standard InChI is InChI=1S/C17H12BrFN6O3/c18-11-6-7-13(12(19)8-11)22-15-14(25(27)28)16(21-9-20-15)23-24-17(26)10-4-2-1-3-5-10/h1-9H,(H,24,26)(H2,20,21,22,23). The molecule has 0 radical (unpaired) electrons. The highest BCUT2D eigenvalue weighted by Crippen LogP contribution is 2.32. The van der Waals surface area contributed by atoms with Crippen molar-refractivity contribution in [1.29, 1.82) is 0 Å². The van der Waals surface area contributed by atoms with E-state index >= 15 is 0 Å². The van der Waals surface area contributed by atoms with E-state index in [1.165, 1.54) is 12.1 Å². The van der Waals surface area contributed by atoms with Crippen molar-refractivity contribution in [3.05, 3.63) is 80.8 Å². The van der Waals surface area contributed by atoms with Crippen LogP contribution in [0, 0.1) is 15.9 Å². The van der Waals surface area contributed by atoms with Crippen molar-refractivity contribution in [2.24, 2.45) is 0 Å². The summed E-state index contributed by atoms with van der Waals surface area (Å²) in [4.78, 5) is 30.5. The lowest BCUT2D eigenvalue weighted by molar-refractivity contribution is -0.383. The van der Waals surface area contributed by atoms with E-state index in [2.05, 4.69) is 42.1 Å². The molecular formula is C17H12BrFN6O3. The van der Waals surface area contributed by atoms with Gasteiger partial charge in [-0.15, -0.1) is 0 Å². The van der Waals surface area contributed by atoms with E-state index in [0.717, 1.165) is 6.33 Å². The Kier molecular flexibility index (Phi) is 5.75. The topological polar surface area (TPSA) is 122 Å². The van der Waals surface area contributed by atoms with Gasteiger partial charge in [0.05, 0.1) is 10.6 Å². The highest BCUT2D eigenvalue weighted by atomic mass is 79.9. The second-order valence-electron chi connectivity index (χ2n) is 5.37. The van der Waals surface area contributed by atoms with Crippen molar-refractivity contribution in [3.8, 4) is 0 Å². The number of halogens is 2. The van der Waals surface area contributed by atoms with Gasteiger partial charge in [0, 0.05) is 10.0 Å². The molecule has 3 N–H and O–H groups in total. The third-order valence-corrected chi connectivity index (χ3v) is 4.01. The summed E-state index contributed by atoms with van der Waals surface area (Å²) in [7, 11) is 0. The van der Waals surface area contributed by atoms with Crippen molar-refractivity contribution in [2.75, 3.05) is 10.7 Å². The maximum absolute atomic E-state index is 14.0. The minimum absolute atomic E-state index is 0.00993. The zero-order valence-corrected chi connectivity index (χ0v) is 15.6. The first-order valence-corrected chi connectivity index (χ1v) is 8.58. The lowest BCUT2D eigenvalue weighted by atomic mass is 10.2. The average molecular weight is 447 g/mol. The molecular weight excluding hydrogens is 435 g/mol. The van der Waals surface area contributed by atoms with Crippen LogP contribution in [-0.4, -0.2) is 20.8 Å². The van der Waals surface area contributed by atoms with Crippen LogP contribution in [0.5, 0.6) is 0 Å². The molecule has 0 saturated heterocycles. The van der Waals surface area contributed by atoms with E-state index in [4.69, 9.17) is 0 Å². The molecule has 1 aromatic heterocycles. The predicted octanol–water partition coefficient (Wildman–Crippen LogP) is 3.79. The first kappa shape index (κ1) is 19.2. The average Bonchev–Trinajstić information content (AvgIpc) is 2.68. The molecule has 0 fully saturated rings. The minimum Gasteiger partial charge on any atom is -0.332 e. The third-order valence-electron chi connectivity index (χ3n) is 3.52. The lowest BCUT2D eigenvalue weighted by Crippen LogP contribution is -2.30. The Morgan fingerprint density at radius 3 is 2.50 bits per heavy atom. The maximum Gasteiger partial charge on any atom is 0.355 e. The Hall–Kier alpha value is -3.60. The normalized spacial score (nSPS) is 10.2. The van der Waals surface area contributed by atoms with Crippen LogP contribution in [0.4, 0.5) is 27.4 Å². The van der Waals surface area contributed by atoms with Crippen LogP contribution >= 0.6 is 15.9 Å². The number of carbonyl (C=O) groups excluding carboxylic acids is 1. The largest absolute Gasteiger partial charge is 0.355 e. The molecule has 0 spiro atoms. The summed E-state index contributed by atoms with van der Waals surface area (Å²) >= 11 is 3.13. The fourth-order valence-corrected chi connectivity index (χ4v) is 2.56. The fraction of sp³-hybridized carbons (Fsp3) is 0. The van der Waals surface area contributed by atoms with Crippen molar-refractivity contribution < 1.29 is 14.1 Å². The maximum atomic E-state index is 14.0. The number of nitrogens with zero attached hydrogens (tertiary/aromatic N) is 3. The van der Waals surface area contributed by atoms with Crippen molar-refractivity contribution in [1.82, 2.24) is 15.4 Å². The fourth-order valence-electron chi connectivity index (χ4n) is 2.23. The number of amides is 1. The third kappa shape index (κ3) is 4.38. The minimum atomic E-state index is -0.740. The number of rotatable bonds is 6. The highest BCUT2D eigenvalue weighted by Gasteiger charge is 2.24. The number of hydrazine groups is 1. The second kappa shape index (κ2) is 8.39. The van der Waals surface area contributed by atoms with Crippen LogP contribution in [0.3, 0.4) is 0 Å². The number of nitrogens with one attached hydrogen (secondary N) is 3. The van der Waals surface area contributed by atoms with Gasteiger partial charge in [-0.05, 0) is 30.3 Å². The molecule has 3 rings (SSSR count). The second-order valence-corrected chi connectivity index (χ2v) is 6.29. The molecule has 1 amide bonds. The summed E-state index contributed by atoms with van der Waals surface area (Å²) in [5.74, 6) is -1.64. The molecule has 11 heteroatoms. The molecule has 0 aliphatic heterocycles. The Labute approximate surface area is 166 Å². The van der Waals surface area contributed by atoms with Crippen LogP contribution in [0.1, 0.15) is 10.4 Å². The van der Waals surface area contributed by atoms with Gasteiger partial charge in [0.2, 0.25) is 11.6 Å². The summed E-state index contributed by atoms with van der Waals surface area (Å²) in [5.41, 5.74) is 4.52. The number of aromatic nitrogens is 2. The molecule has 0 saturated carbocycles. The Bertz CT molecular complexity index is 1030. The smallest absolute Gasteiger partial charge is 0.332 e. The molecule has 1 heterocycles. The number of benzene rings is 2. The van der Waals surface area contributed by atoms with Gasteiger partial charge in [-0.3, -0.25) is 25.8 Å². The Morgan fingerprint density at radius 2 is 1.82 bits per heavy atom. The van der Waals surface area contributed by atoms with Crippen molar-refractivity contribution in [3.63, 3.8) is 0 Å². The molecule has 142 valence electrons. The van der Waals surface area contributed by atoms with Crippen LogP contribution < -0.4 is 16.2 Å². The number of anilines is 3. The van der Waals surface area contributed by atoms with E-state index in [9.17, 15) is 19.3 Å². The summed E-state index contributed by atoms with van der Waals surface area (Å²) in [6.07, 6.45) is 1.04. The van der Waals surface area contributed by atoms with Crippen molar-refractivity contribution >= 4 is 44.8 Å². The van der Waals surface area contributed by atoms with Gasteiger partial charge in [-0.1, -0.05) is 34.1 Å². The van der Waals surface area contributed by atoms with Gasteiger partial charge >= 0.3 is 5.69 Å². The van der Waals surface area contributed by atoms with Crippen LogP contribution in [0.2, 0.25) is 0 Å². The highest BCUT2D eigenvalue weighted by molar-refractivity contribution is 9.10. The van der Waals surface area contributed by atoms with E-state index in [1.54, 1.807) is 36.4 Å². The predicted molar refractivity (Wildman–Crippen MR) is 104 cm³/mol. The first-order chi connectivity index (χ1) is 13.5. The van der Waals surface area contributed by atoms with Gasteiger partial charge < -0.3 is 5.32 Å². The van der Waals surface area contributed by atoms with Gasteiger partial charge in [-0.25, -0.2) is 14.4 Å². The molecule has 2 aromatic carbocycles. The number of hydrogen-bond acceptors (Lipinski definition) is 7. The summed E-state index contributed by atoms with van der Waals surface area (Å²) in [5, 5.41) is 14.1. The molecule has 3 aromatic rings. The molecule has 0 aliphatic rings. The van der Waals surface area contributed by atoms with E-state index in [1.807, 2.05) is 0 Å². The molecule has 9 nitrogen and oxygen atoms in total. The lowest BCUT2D eigenvalue weighted by Gasteiger charge is -2.11. The van der Waals surface area contributed by atoms with Crippen LogP contribution in [-0.2, 0) is 0 Å². The monoisotopic (exact) mass is 446 g/mol. The van der Waals surface area contributed by atoms with E-state index in [0.29, 0.717) is 10.0 Å².